The fourth-order valence-electron chi connectivity index (χ4n) is 4.79. The van der Waals surface area contributed by atoms with Crippen molar-refractivity contribution in [1.82, 2.24) is 0 Å². The number of Topliss-reactive ketones (excluding diaryl/α,β-unsaturated/α-hetero) is 1. The molecule has 1 atom stereocenters. The van der Waals surface area contributed by atoms with Crippen molar-refractivity contribution in [2.45, 2.75) is 32.2 Å². The Bertz CT molecular complexity index is 1440. The SMILES string of the molecule is CCCOC(=O)c1cccc(N2C(=O)C(=O)/C(=C(\O)c3ccc4c(c3)CCCO4)C2c2ccc(O)cc2)c1. The summed E-state index contributed by atoms with van der Waals surface area (Å²) in [7, 11) is 0. The molecule has 194 valence electrons. The van der Waals surface area contributed by atoms with Gasteiger partial charge in [-0.15, -0.1) is 0 Å². The van der Waals surface area contributed by atoms with E-state index >= 15 is 0 Å². The molecule has 0 aliphatic carbocycles. The number of fused-ring (bicyclic) bond motifs is 1. The molecular formula is C30H27NO7. The molecule has 0 bridgehead atoms. The fraction of sp³-hybridized carbons (Fsp3) is 0.233. The van der Waals surface area contributed by atoms with E-state index in [1.165, 1.54) is 23.1 Å². The number of aromatic hydroxyl groups is 1. The van der Waals surface area contributed by atoms with Crippen LogP contribution < -0.4 is 9.64 Å². The van der Waals surface area contributed by atoms with Crippen molar-refractivity contribution < 1.29 is 34.1 Å². The van der Waals surface area contributed by atoms with Crippen molar-refractivity contribution in [3.8, 4) is 11.5 Å². The number of aliphatic hydroxyl groups excluding tert-OH is 1. The smallest absolute Gasteiger partial charge is 0.338 e. The number of anilines is 1. The molecule has 1 saturated heterocycles. The van der Waals surface area contributed by atoms with Crippen molar-refractivity contribution in [2.24, 2.45) is 0 Å². The highest BCUT2D eigenvalue weighted by atomic mass is 16.5. The number of amides is 1. The Kier molecular flexibility index (Phi) is 6.87. The van der Waals surface area contributed by atoms with Crippen LogP contribution in [-0.4, -0.2) is 41.1 Å². The normalized spacial score (nSPS) is 18.1. The Hall–Kier alpha value is -4.59. The molecule has 2 aliphatic heterocycles. The third-order valence-corrected chi connectivity index (χ3v) is 6.63. The molecule has 8 nitrogen and oxygen atoms in total. The average molecular weight is 514 g/mol. The maximum absolute atomic E-state index is 13.4. The number of hydrogen-bond donors (Lipinski definition) is 2. The van der Waals surface area contributed by atoms with Gasteiger partial charge in [-0.1, -0.05) is 25.1 Å². The molecule has 2 N–H and O–H groups in total. The number of rotatable bonds is 6. The first-order valence-corrected chi connectivity index (χ1v) is 12.5. The Morgan fingerprint density at radius 3 is 2.61 bits per heavy atom. The number of hydrogen-bond acceptors (Lipinski definition) is 7. The van der Waals surface area contributed by atoms with Crippen molar-refractivity contribution in [3.05, 3.63) is 94.6 Å². The van der Waals surface area contributed by atoms with E-state index in [2.05, 4.69) is 0 Å². The number of ketones is 1. The maximum Gasteiger partial charge on any atom is 0.338 e. The molecule has 1 fully saturated rings. The standard InChI is InChI=1S/C30H27NO7/c1-2-14-38-30(36)21-5-3-7-22(17-21)31-26(18-8-11-23(32)12-9-18)25(28(34)29(31)35)27(33)20-10-13-24-19(16-20)6-4-15-37-24/h3,5,7-13,16-17,26,32-33H,2,4,6,14-15H2,1H3/b27-25-. The Morgan fingerprint density at radius 1 is 1.05 bits per heavy atom. The van der Waals surface area contributed by atoms with Crippen LogP contribution in [0.15, 0.2) is 72.3 Å². The van der Waals surface area contributed by atoms with Crippen molar-refractivity contribution in [3.63, 3.8) is 0 Å². The summed E-state index contributed by atoms with van der Waals surface area (Å²) in [6.45, 7) is 2.76. The van der Waals surface area contributed by atoms with Gasteiger partial charge in [0.2, 0.25) is 0 Å². The number of benzene rings is 3. The number of ether oxygens (including phenoxy) is 2. The first kappa shape index (κ1) is 25.1. The van der Waals surface area contributed by atoms with Crippen LogP contribution in [-0.2, 0) is 20.7 Å². The summed E-state index contributed by atoms with van der Waals surface area (Å²) in [5, 5.41) is 21.3. The predicted octanol–water partition coefficient (Wildman–Crippen LogP) is 4.91. The molecule has 1 amide bonds. The molecule has 3 aromatic rings. The van der Waals surface area contributed by atoms with Crippen LogP contribution in [0.1, 0.15) is 52.9 Å². The molecule has 3 aromatic carbocycles. The summed E-state index contributed by atoms with van der Waals surface area (Å²) < 4.78 is 10.9. The molecule has 0 radical (unpaired) electrons. The number of nitrogens with zero attached hydrogens (tertiary/aromatic N) is 1. The lowest BCUT2D eigenvalue weighted by Crippen LogP contribution is -2.29. The first-order chi connectivity index (χ1) is 18.4. The van der Waals surface area contributed by atoms with Gasteiger partial charge in [-0.25, -0.2) is 4.79 Å². The summed E-state index contributed by atoms with van der Waals surface area (Å²) in [6.07, 6.45) is 2.27. The number of esters is 1. The summed E-state index contributed by atoms with van der Waals surface area (Å²) >= 11 is 0. The van der Waals surface area contributed by atoms with Crippen LogP contribution in [0.2, 0.25) is 0 Å². The molecule has 5 rings (SSSR count). The van der Waals surface area contributed by atoms with Gasteiger partial charge in [-0.3, -0.25) is 14.5 Å². The average Bonchev–Trinajstić information content (AvgIpc) is 3.21. The van der Waals surface area contributed by atoms with Crippen LogP contribution in [0, 0.1) is 0 Å². The van der Waals surface area contributed by atoms with E-state index < -0.39 is 23.7 Å². The molecule has 0 saturated carbocycles. The number of phenols is 1. The van der Waals surface area contributed by atoms with Crippen LogP contribution in [0.3, 0.4) is 0 Å². The summed E-state index contributed by atoms with van der Waals surface area (Å²) in [4.78, 5) is 40.6. The van der Waals surface area contributed by atoms with E-state index in [9.17, 15) is 24.6 Å². The van der Waals surface area contributed by atoms with Crippen molar-refractivity contribution >= 4 is 29.1 Å². The van der Waals surface area contributed by atoms with Gasteiger partial charge in [-0.05, 0) is 78.9 Å². The van der Waals surface area contributed by atoms with Crippen LogP contribution >= 0.6 is 0 Å². The van der Waals surface area contributed by atoms with E-state index in [0.717, 1.165) is 24.2 Å². The second-order valence-electron chi connectivity index (χ2n) is 9.22. The number of carbonyl (C=O) groups is 3. The van der Waals surface area contributed by atoms with Gasteiger partial charge in [0.25, 0.3) is 11.7 Å². The molecular weight excluding hydrogens is 486 g/mol. The van der Waals surface area contributed by atoms with E-state index in [0.29, 0.717) is 29.8 Å². The van der Waals surface area contributed by atoms with Gasteiger partial charge in [0.1, 0.15) is 17.3 Å². The maximum atomic E-state index is 13.4. The van der Waals surface area contributed by atoms with E-state index in [1.807, 2.05) is 6.92 Å². The van der Waals surface area contributed by atoms with E-state index in [4.69, 9.17) is 9.47 Å². The van der Waals surface area contributed by atoms with Gasteiger partial charge in [0, 0.05) is 11.3 Å². The van der Waals surface area contributed by atoms with Gasteiger partial charge >= 0.3 is 5.97 Å². The zero-order chi connectivity index (χ0) is 26.8. The van der Waals surface area contributed by atoms with Gasteiger partial charge in [-0.2, -0.15) is 0 Å². The number of carbonyl (C=O) groups excluding carboxylic acids is 3. The molecule has 2 aliphatic rings. The minimum atomic E-state index is -0.996. The third-order valence-electron chi connectivity index (χ3n) is 6.63. The first-order valence-electron chi connectivity index (χ1n) is 12.5. The largest absolute Gasteiger partial charge is 0.508 e. The summed E-state index contributed by atoms with van der Waals surface area (Å²) in [5.74, 6) is -1.80. The Labute approximate surface area is 219 Å². The second kappa shape index (κ2) is 10.4. The lowest BCUT2D eigenvalue weighted by molar-refractivity contribution is -0.132. The molecule has 38 heavy (non-hydrogen) atoms. The van der Waals surface area contributed by atoms with Crippen LogP contribution in [0.5, 0.6) is 11.5 Å². The molecule has 0 aromatic heterocycles. The molecule has 2 heterocycles. The molecule has 1 unspecified atom stereocenters. The molecule has 8 heteroatoms. The predicted molar refractivity (Wildman–Crippen MR) is 140 cm³/mol. The second-order valence-corrected chi connectivity index (χ2v) is 9.22. The summed E-state index contributed by atoms with van der Waals surface area (Å²) in [5.41, 5.74) is 2.26. The minimum absolute atomic E-state index is 0.0149. The number of phenolic OH excluding ortho intramolecular Hbond substituents is 1. The topological polar surface area (TPSA) is 113 Å². The third kappa shape index (κ3) is 4.61. The quantitative estimate of drug-likeness (QED) is 0.208. The van der Waals surface area contributed by atoms with Gasteiger partial charge in [0.15, 0.2) is 0 Å². The fourth-order valence-corrected chi connectivity index (χ4v) is 4.79. The van der Waals surface area contributed by atoms with E-state index in [1.54, 1.807) is 48.5 Å². The Balaban J connectivity index is 1.64. The highest BCUT2D eigenvalue weighted by Gasteiger charge is 2.47. The highest BCUT2D eigenvalue weighted by Crippen LogP contribution is 2.43. The van der Waals surface area contributed by atoms with Gasteiger partial charge in [0.05, 0.1) is 30.4 Å². The van der Waals surface area contributed by atoms with Crippen molar-refractivity contribution in [2.75, 3.05) is 18.1 Å². The highest BCUT2D eigenvalue weighted by molar-refractivity contribution is 6.51. The summed E-state index contributed by atoms with van der Waals surface area (Å²) in [6, 6.07) is 16.5. The minimum Gasteiger partial charge on any atom is -0.508 e. The molecule has 0 spiro atoms. The van der Waals surface area contributed by atoms with Crippen LogP contribution in [0.4, 0.5) is 5.69 Å². The number of aryl methyl sites for hydroxylation is 1. The lowest BCUT2D eigenvalue weighted by atomic mass is 9.93. The Morgan fingerprint density at radius 2 is 1.84 bits per heavy atom. The zero-order valence-electron chi connectivity index (χ0n) is 20.8. The van der Waals surface area contributed by atoms with Crippen LogP contribution in [0.25, 0.3) is 5.76 Å². The zero-order valence-corrected chi connectivity index (χ0v) is 20.8. The van der Waals surface area contributed by atoms with E-state index in [-0.39, 0.29) is 29.3 Å². The number of aliphatic hydroxyl groups is 1. The van der Waals surface area contributed by atoms with Crippen molar-refractivity contribution in [1.29, 1.82) is 0 Å². The monoisotopic (exact) mass is 513 g/mol. The lowest BCUT2D eigenvalue weighted by Gasteiger charge is -2.26. The van der Waals surface area contributed by atoms with Gasteiger partial charge < -0.3 is 19.7 Å².